The molecule has 1 heterocycles. The first-order valence-electron chi connectivity index (χ1n) is 6.99. The number of nitrogens with two attached hydrogens (primary N) is 1. The maximum absolute atomic E-state index is 11.7. The zero-order valence-electron chi connectivity index (χ0n) is 11.7. The van der Waals surface area contributed by atoms with Crippen molar-refractivity contribution in [2.45, 2.75) is 19.4 Å². The molecule has 0 saturated heterocycles. The van der Waals surface area contributed by atoms with Gasteiger partial charge in [-0.05, 0) is 18.6 Å². The van der Waals surface area contributed by atoms with Crippen molar-refractivity contribution in [3.05, 3.63) is 60.1 Å². The Balaban J connectivity index is 2.03. The van der Waals surface area contributed by atoms with Crippen molar-refractivity contribution < 1.29 is 14.5 Å². The molecule has 0 aliphatic heterocycles. The Morgan fingerprint density at radius 1 is 1.25 bits per heavy atom. The Morgan fingerprint density at radius 3 is 2.70 bits per heavy atom. The molecule has 4 heteroatoms. The third-order valence-corrected chi connectivity index (χ3v) is 3.12. The van der Waals surface area contributed by atoms with E-state index < -0.39 is 0 Å². The molecule has 0 radical (unpaired) electrons. The van der Waals surface area contributed by atoms with Gasteiger partial charge in [0, 0.05) is 12.1 Å². The molecule has 2 rings (SSSR count). The fourth-order valence-electron chi connectivity index (χ4n) is 2.11. The summed E-state index contributed by atoms with van der Waals surface area (Å²) in [6.45, 7) is 3.16. The Kier molecular flexibility index (Phi) is 5.38. The summed E-state index contributed by atoms with van der Waals surface area (Å²) in [7, 11) is 0. The maximum Gasteiger partial charge on any atom is 0.275 e. The molecule has 0 unspecified atom stereocenters. The Hall–Kier alpha value is -2.07. The number of rotatable bonds is 7. The molecule has 1 atom stereocenters. The minimum absolute atomic E-state index is 0.0126. The Bertz CT molecular complexity index is 509. The van der Waals surface area contributed by atoms with Gasteiger partial charge in [0.2, 0.25) is 0 Å². The van der Waals surface area contributed by atoms with Crippen LogP contribution in [0.5, 0.6) is 0 Å². The van der Waals surface area contributed by atoms with Crippen LogP contribution in [0.2, 0.25) is 0 Å². The first-order chi connectivity index (χ1) is 9.81. The van der Waals surface area contributed by atoms with E-state index in [0.717, 1.165) is 24.3 Å². The number of benzene rings is 1. The molecular weight excluding hydrogens is 252 g/mol. The fourth-order valence-corrected chi connectivity index (χ4v) is 2.11. The van der Waals surface area contributed by atoms with Gasteiger partial charge in [-0.15, -0.1) is 0 Å². The average molecular weight is 273 g/mol. The van der Waals surface area contributed by atoms with Crippen LogP contribution in [0.3, 0.4) is 0 Å². The molecule has 106 valence electrons. The lowest BCUT2D eigenvalue weighted by Gasteiger charge is -2.13. The van der Waals surface area contributed by atoms with E-state index in [1.807, 2.05) is 54.7 Å². The average Bonchev–Trinajstić information content (AvgIpc) is 3.00. The normalized spacial score (nSPS) is 12.1. The third-order valence-electron chi connectivity index (χ3n) is 3.12. The van der Waals surface area contributed by atoms with Crippen LogP contribution >= 0.6 is 0 Å². The highest BCUT2D eigenvalue weighted by atomic mass is 16.3. The van der Waals surface area contributed by atoms with Crippen LogP contribution in [0, 0.1) is 0 Å². The quantitative estimate of drug-likeness (QED) is 0.802. The largest absolute Gasteiger partial charge is 0.463 e. The van der Waals surface area contributed by atoms with Gasteiger partial charge in [0.25, 0.3) is 5.91 Å². The molecule has 0 aliphatic rings. The molecule has 0 saturated carbocycles. The SMILES string of the molecule is CCCNC(=O)C[NH2+][C@@H](c1ccccc1)c1ccco1. The predicted octanol–water partition coefficient (Wildman–Crippen LogP) is 1.46. The van der Waals surface area contributed by atoms with Gasteiger partial charge in [-0.3, -0.25) is 4.79 Å². The lowest BCUT2D eigenvalue weighted by Crippen LogP contribution is -2.87. The minimum Gasteiger partial charge on any atom is -0.463 e. The van der Waals surface area contributed by atoms with Crippen LogP contribution in [0.4, 0.5) is 0 Å². The maximum atomic E-state index is 11.7. The first-order valence-corrected chi connectivity index (χ1v) is 6.99. The molecule has 0 aliphatic carbocycles. The lowest BCUT2D eigenvalue weighted by molar-refractivity contribution is -0.678. The number of hydrogen-bond donors (Lipinski definition) is 2. The van der Waals surface area contributed by atoms with E-state index >= 15 is 0 Å². The molecule has 1 amide bonds. The van der Waals surface area contributed by atoms with Gasteiger partial charge in [0.1, 0.15) is 0 Å². The van der Waals surface area contributed by atoms with Crippen LogP contribution in [-0.4, -0.2) is 19.0 Å². The van der Waals surface area contributed by atoms with E-state index in [9.17, 15) is 4.79 Å². The van der Waals surface area contributed by atoms with Crippen LogP contribution in [0.25, 0.3) is 0 Å². The molecule has 4 nitrogen and oxygen atoms in total. The summed E-state index contributed by atoms with van der Waals surface area (Å²) in [5.41, 5.74) is 1.13. The van der Waals surface area contributed by atoms with E-state index in [1.165, 1.54) is 0 Å². The lowest BCUT2D eigenvalue weighted by atomic mass is 10.0. The molecule has 1 aromatic heterocycles. The first kappa shape index (κ1) is 14.3. The van der Waals surface area contributed by atoms with Gasteiger partial charge in [-0.1, -0.05) is 37.3 Å². The molecular formula is C16H21N2O2+. The Labute approximate surface area is 119 Å². The van der Waals surface area contributed by atoms with Crippen molar-refractivity contribution >= 4 is 5.91 Å². The van der Waals surface area contributed by atoms with Crippen molar-refractivity contribution in [2.75, 3.05) is 13.1 Å². The Morgan fingerprint density at radius 2 is 2.05 bits per heavy atom. The molecule has 0 bridgehead atoms. The van der Waals surface area contributed by atoms with Crippen molar-refractivity contribution in [1.82, 2.24) is 5.32 Å². The van der Waals surface area contributed by atoms with Crippen molar-refractivity contribution in [2.24, 2.45) is 0 Å². The molecule has 0 fully saturated rings. The van der Waals surface area contributed by atoms with E-state index in [2.05, 4.69) is 5.32 Å². The van der Waals surface area contributed by atoms with E-state index in [4.69, 9.17) is 4.42 Å². The summed E-state index contributed by atoms with van der Waals surface area (Å²) in [5.74, 6) is 0.916. The monoisotopic (exact) mass is 273 g/mol. The van der Waals surface area contributed by atoms with Crippen molar-refractivity contribution in [3.63, 3.8) is 0 Å². The highest BCUT2D eigenvalue weighted by molar-refractivity contribution is 5.76. The zero-order valence-corrected chi connectivity index (χ0v) is 11.7. The smallest absolute Gasteiger partial charge is 0.275 e. The van der Waals surface area contributed by atoms with Gasteiger partial charge in [-0.25, -0.2) is 0 Å². The number of nitrogens with one attached hydrogen (secondary N) is 1. The summed E-state index contributed by atoms with van der Waals surface area (Å²) in [6, 6.07) is 13.9. The highest BCUT2D eigenvalue weighted by Gasteiger charge is 2.21. The fraction of sp³-hybridized carbons (Fsp3) is 0.312. The van der Waals surface area contributed by atoms with Crippen LogP contribution in [-0.2, 0) is 4.79 Å². The number of hydrogen-bond acceptors (Lipinski definition) is 2. The number of carbonyl (C=O) groups excluding carboxylic acids is 1. The van der Waals surface area contributed by atoms with Crippen molar-refractivity contribution in [1.29, 1.82) is 0 Å². The zero-order chi connectivity index (χ0) is 14.2. The highest BCUT2D eigenvalue weighted by Crippen LogP contribution is 2.18. The second-order valence-electron chi connectivity index (χ2n) is 4.69. The third kappa shape index (κ3) is 3.96. The summed E-state index contributed by atoms with van der Waals surface area (Å²) >= 11 is 0. The van der Waals surface area contributed by atoms with Crippen LogP contribution < -0.4 is 10.6 Å². The second kappa shape index (κ2) is 7.50. The number of carbonyl (C=O) groups is 1. The van der Waals surface area contributed by atoms with E-state index in [-0.39, 0.29) is 11.9 Å². The van der Waals surface area contributed by atoms with Gasteiger partial charge < -0.3 is 15.1 Å². The molecule has 0 spiro atoms. The topological polar surface area (TPSA) is 58.9 Å². The summed E-state index contributed by atoms with van der Waals surface area (Å²) < 4.78 is 5.50. The van der Waals surface area contributed by atoms with E-state index in [0.29, 0.717) is 6.54 Å². The number of quaternary nitrogens is 1. The minimum atomic E-state index is 0.0126. The number of amides is 1. The van der Waals surface area contributed by atoms with E-state index in [1.54, 1.807) is 6.26 Å². The summed E-state index contributed by atoms with van der Waals surface area (Å²) in [6.07, 6.45) is 2.61. The standard InChI is InChI=1S/C16H20N2O2/c1-2-10-17-15(19)12-18-16(14-9-6-11-20-14)13-7-4-3-5-8-13/h3-9,11,16,18H,2,10,12H2,1H3,(H,17,19)/p+1/t16-/m0/s1. The van der Waals surface area contributed by atoms with Gasteiger partial charge in [-0.2, -0.15) is 0 Å². The van der Waals surface area contributed by atoms with Crippen LogP contribution in [0.15, 0.2) is 53.1 Å². The molecule has 1 aromatic carbocycles. The predicted molar refractivity (Wildman–Crippen MR) is 77.1 cm³/mol. The summed E-state index contributed by atoms with van der Waals surface area (Å²) in [4.78, 5) is 11.7. The summed E-state index contributed by atoms with van der Waals surface area (Å²) in [5, 5.41) is 4.88. The number of furan rings is 1. The molecule has 20 heavy (non-hydrogen) atoms. The second-order valence-corrected chi connectivity index (χ2v) is 4.69. The van der Waals surface area contributed by atoms with Crippen LogP contribution in [0.1, 0.15) is 30.7 Å². The van der Waals surface area contributed by atoms with Gasteiger partial charge in [0.15, 0.2) is 18.3 Å². The molecule has 2 aromatic rings. The van der Waals surface area contributed by atoms with Gasteiger partial charge in [0.05, 0.1) is 6.26 Å². The van der Waals surface area contributed by atoms with Crippen molar-refractivity contribution in [3.8, 4) is 0 Å². The van der Waals surface area contributed by atoms with Gasteiger partial charge >= 0.3 is 0 Å². The molecule has 3 N–H and O–H groups in total.